The zero-order valence-electron chi connectivity index (χ0n) is 15.9. The van der Waals surface area contributed by atoms with Gasteiger partial charge in [0.1, 0.15) is 0 Å². The van der Waals surface area contributed by atoms with Gasteiger partial charge in [-0.25, -0.2) is 0 Å². The van der Waals surface area contributed by atoms with Gasteiger partial charge in [-0.05, 0) is 46.6 Å². The molecule has 0 spiro atoms. The molecule has 25 heavy (non-hydrogen) atoms. The smallest absolute Gasteiger partial charge is 0.220 e. The molecule has 0 bridgehead atoms. The fraction of sp³-hybridized carbons (Fsp3) is 0.684. The van der Waals surface area contributed by atoms with Crippen molar-refractivity contribution in [2.45, 2.75) is 65.6 Å². The van der Waals surface area contributed by atoms with Crippen LogP contribution in [0.15, 0.2) is 17.7 Å². The van der Waals surface area contributed by atoms with Gasteiger partial charge in [-0.15, -0.1) is 0 Å². The summed E-state index contributed by atoms with van der Waals surface area (Å²) in [7, 11) is 0. The Balaban J connectivity index is 1.75. The van der Waals surface area contributed by atoms with E-state index in [1.807, 2.05) is 24.6 Å². The summed E-state index contributed by atoms with van der Waals surface area (Å²) in [5.74, 6) is 0.0489. The van der Waals surface area contributed by atoms with Crippen LogP contribution in [0.5, 0.6) is 0 Å². The summed E-state index contributed by atoms with van der Waals surface area (Å²) >= 11 is 0. The summed E-state index contributed by atoms with van der Waals surface area (Å²) in [6.07, 6.45) is 4.14. The highest BCUT2D eigenvalue weighted by atomic mass is 16.5. The standard InChI is InChI=1S/C19H31N3O3/c1-14(2)7-11-25-18-8-10-24-13-17(18)20-19(23)6-5-9-22-16(4)12-15(3)21-22/h7,12,17-18H,5-6,8-11,13H2,1-4H3,(H,20,23)/t17-,18+/m0/s1. The van der Waals surface area contributed by atoms with Gasteiger partial charge < -0.3 is 14.8 Å². The number of rotatable bonds is 8. The van der Waals surface area contributed by atoms with Crippen molar-refractivity contribution in [3.63, 3.8) is 0 Å². The summed E-state index contributed by atoms with van der Waals surface area (Å²) in [5.41, 5.74) is 3.38. The Hall–Kier alpha value is -1.66. The molecule has 2 rings (SSSR count). The lowest BCUT2D eigenvalue weighted by Crippen LogP contribution is -2.50. The second-order valence-corrected chi connectivity index (χ2v) is 6.94. The maximum absolute atomic E-state index is 12.3. The molecule has 6 heteroatoms. The number of aromatic nitrogens is 2. The Kier molecular flexibility index (Phi) is 7.65. The van der Waals surface area contributed by atoms with Crippen molar-refractivity contribution < 1.29 is 14.3 Å². The molecule has 0 aliphatic carbocycles. The van der Waals surface area contributed by atoms with Crippen molar-refractivity contribution in [2.24, 2.45) is 0 Å². The van der Waals surface area contributed by atoms with E-state index in [4.69, 9.17) is 9.47 Å². The Labute approximate surface area is 150 Å². The molecule has 2 atom stereocenters. The number of ether oxygens (including phenoxy) is 2. The second-order valence-electron chi connectivity index (χ2n) is 6.94. The minimum absolute atomic E-state index is 0.0179. The van der Waals surface area contributed by atoms with Crippen LogP contribution in [0.25, 0.3) is 0 Å². The molecule has 1 aliphatic heterocycles. The molecule has 1 amide bonds. The van der Waals surface area contributed by atoms with E-state index < -0.39 is 0 Å². The molecule has 0 radical (unpaired) electrons. The highest BCUT2D eigenvalue weighted by molar-refractivity contribution is 5.76. The molecule has 0 unspecified atom stereocenters. The minimum Gasteiger partial charge on any atom is -0.379 e. The molecule has 1 aromatic heterocycles. The zero-order chi connectivity index (χ0) is 18.2. The first-order valence-corrected chi connectivity index (χ1v) is 9.09. The Morgan fingerprint density at radius 1 is 1.48 bits per heavy atom. The SMILES string of the molecule is CC(C)=CCO[C@@H]1CCOC[C@@H]1NC(=O)CCCn1nc(C)cc1C. The average molecular weight is 349 g/mol. The number of aryl methyl sites for hydroxylation is 3. The van der Waals surface area contributed by atoms with Crippen molar-refractivity contribution in [1.82, 2.24) is 15.1 Å². The molecule has 0 aromatic carbocycles. The van der Waals surface area contributed by atoms with Crippen molar-refractivity contribution in [3.05, 3.63) is 29.1 Å². The summed E-state index contributed by atoms with van der Waals surface area (Å²) in [6.45, 7) is 10.7. The monoisotopic (exact) mass is 349 g/mol. The fourth-order valence-electron chi connectivity index (χ4n) is 2.96. The summed E-state index contributed by atoms with van der Waals surface area (Å²) in [6, 6.07) is 1.98. The van der Waals surface area contributed by atoms with Crippen LogP contribution in [0.1, 0.15) is 44.5 Å². The Morgan fingerprint density at radius 2 is 2.28 bits per heavy atom. The molecule has 1 aromatic rings. The molecule has 1 aliphatic rings. The number of nitrogens with zero attached hydrogens (tertiary/aromatic N) is 2. The molecule has 1 saturated heterocycles. The van der Waals surface area contributed by atoms with Crippen LogP contribution in [0.3, 0.4) is 0 Å². The van der Waals surface area contributed by atoms with Gasteiger partial charge in [0.15, 0.2) is 0 Å². The van der Waals surface area contributed by atoms with Crippen LogP contribution in [0, 0.1) is 13.8 Å². The first-order chi connectivity index (χ1) is 12.0. The number of hydrogen-bond donors (Lipinski definition) is 1. The van der Waals surface area contributed by atoms with Gasteiger partial charge in [0, 0.05) is 25.3 Å². The molecule has 0 saturated carbocycles. The lowest BCUT2D eigenvalue weighted by atomic mass is 10.1. The van der Waals surface area contributed by atoms with E-state index in [1.165, 1.54) is 5.57 Å². The summed E-state index contributed by atoms with van der Waals surface area (Å²) in [5, 5.41) is 7.50. The highest BCUT2D eigenvalue weighted by Gasteiger charge is 2.27. The van der Waals surface area contributed by atoms with E-state index in [2.05, 4.69) is 30.3 Å². The number of carbonyl (C=O) groups excluding carboxylic acids is 1. The van der Waals surface area contributed by atoms with E-state index in [-0.39, 0.29) is 18.1 Å². The third-order valence-electron chi connectivity index (χ3n) is 4.32. The highest BCUT2D eigenvalue weighted by Crippen LogP contribution is 2.13. The minimum atomic E-state index is -0.0690. The maximum Gasteiger partial charge on any atom is 0.220 e. The van der Waals surface area contributed by atoms with Gasteiger partial charge in [0.2, 0.25) is 5.91 Å². The fourth-order valence-corrected chi connectivity index (χ4v) is 2.96. The molecule has 140 valence electrons. The van der Waals surface area contributed by atoms with Crippen molar-refractivity contribution in [1.29, 1.82) is 0 Å². The van der Waals surface area contributed by atoms with Crippen LogP contribution >= 0.6 is 0 Å². The number of allylic oxidation sites excluding steroid dienone is 1. The van der Waals surface area contributed by atoms with Crippen LogP contribution in [0.2, 0.25) is 0 Å². The summed E-state index contributed by atoms with van der Waals surface area (Å²) in [4.78, 5) is 12.3. The second kappa shape index (κ2) is 9.73. The zero-order valence-corrected chi connectivity index (χ0v) is 15.9. The molecular weight excluding hydrogens is 318 g/mol. The average Bonchev–Trinajstić information content (AvgIpc) is 2.86. The molecular formula is C19H31N3O3. The maximum atomic E-state index is 12.3. The largest absolute Gasteiger partial charge is 0.379 e. The van der Waals surface area contributed by atoms with E-state index >= 15 is 0 Å². The van der Waals surface area contributed by atoms with Crippen molar-refractivity contribution >= 4 is 5.91 Å². The molecule has 1 fully saturated rings. The summed E-state index contributed by atoms with van der Waals surface area (Å²) < 4.78 is 13.4. The van der Waals surface area contributed by atoms with Crippen LogP contribution in [-0.2, 0) is 20.8 Å². The topological polar surface area (TPSA) is 65.4 Å². The molecule has 6 nitrogen and oxygen atoms in total. The molecule has 2 heterocycles. The quantitative estimate of drug-likeness (QED) is 0.733. The van der Waals surface area contributed by atoms with Gasteiger partial charge in [0.25, 0.3) is 0 Å². The van der Waals surface area contributed by atoms with Gasteiger partial charge in [-0.1, -0.05) is 11.6 Å². The van der Waals surface area contributed by atoms with Gasteiger partial charge in [-0.3, -0.25) is 9.48 Å². The van der Waals surface area contributed by atoms with Gasteiger partial charge >= 0.3 is 0 Å². The lowest BCUT2D eigenvalue weighted by Gasteiger charge is -2.32. The third kappa shape index (κ3) is 6.63. The van der Waals surface area contributed by atoms with E-state index in [0.29, 0.717) is 26.2 Å². The third-order valence-corrected chi connectivity index (χ3v) is 4.32. The van der Waals surface area contributed by atoms with Crippen LogP contribution in [0.4, 0.5) is 0 Å². The first kappa shape index (κ1) is 19.7. The van der Waals surface area contributed by atoms with Crippen molar-refractivity contribution in [3.8, 4) is 0 Å². The number of hydrogen-bond acceptors (Lipinski definition) is 4. The number of nitrogens with one attached hydrogen (secondary N) is 1. The Morgan fingerprint density at radius 3 is 2.96 bits per heavy atom. The van der Waals surface area contributed by atoms with Crippen LogP contribution < -0.4 is 5.32 Å². The first-order valence-electron chi connectivity index (χ1n) is 9.09. The van der Waals surface area contributed by atoms with E-state index in [9.17, 15) is 4.79 Å². The van der Waals surface area contributed by atoms with Gasteiger partial charge in [-0.2, -0.15) is 5.10 Å². The van der Waals surface area contributed by atoms with E-state index in [0.717, 1.165) is 30.8 Å². The normalized spacial score (nSPS) is 20.3. The molecule has 1 N–H and O–H groups in total. The van der Waals surface area contributed by atoms with E-state index in [1.54, 1.807) is 0 Å². The van der Waals surface area contributed by atoms with Gasteiger partial charge in [0.05, 0.1) is 31.1 Å². The lowest BCUT2D eigenvalue weighted by molar-refractivity contribution is -0.125. The van der Waals surface area contributed by atoms with Crippen molar-refractivity contribution in [2.75, 3.05) is 19.8 Å². The number of amides is 1. The predicted octanol–water partition coefficient (Wildman–Crippen LogP) is 2.54. The van der Waals surface area contributed by atoms with Crippen LogP contribution in [-0.4, -0.2) is 47.7 Å². The number of carbonyl (C=O) groups is 1. The Bertz CT molecular complexity index is 591. The predicted molar refractivity (Wildman–Crippen MR) is 97.5 cm³/mol.